The molecule has 10 rings (SSSR count). The van der Waals surface area contributed by atoms with Crippen molar-refractivity contribution in [1.29, 1.82) is 0 Å². The summed E-state index contributed by atoms with van der Waals surface area (Å²) in [5.74, 6) is 0. The zero-order valence-electron chi connectivity index (χ0n) is 34.9. The second kappa shape index (κ2) is 18.9. The van der Waals surface area contributed by atoms with Crippen molar-refractivity contribution in [3.05, 3.63) is 158 Å². The molecule has 2 saturated heterocycles. The highest BCUT2D eigenvalue weighted by Crippen LogP contribution is 2.36. The van der Waals surface area contributed by atoms with Crippen LogP contribution in [0.15, 0.2) is 158 Å². The maximum atomic E-state index is 3.98. The fourth-order valence-corrected chi connectivity index (χ4v) is 9.10. The third-order valence-electron chi connectivity index (χ3n) is 12.4. The number of anilines is 2. The van der Waals surface area contributed by atoms with E-state index in [0.29, 0.717) is 0 Å². The minimum absolute atomic E-state index is 0. The van der Waals surface area contributed by atoms with Gasteiger partial charge in [-0.3, -0.25) is 0 Å². The minimum Gasteiger partial charge on any atom is -1.00 e. The average molecular weight is 878 g/mol. The summed E-state index contributed by atoms with van der Waals surface area (Å²) >= 11 is 0. The maximum Gasteiger partial charge on any atom is 0.213 e. The molecular weight excluding hydrogens is 824 g/mol. The van der Waals surface area contributed by atoms with Gasteiger partial charge in [0.2, 0.25) is 22.1 Å². The molecule has 2 fully saturated rings. The molecule has 0 radical (unpaired) electrons. The standard InChI is InChI=1S/C27H28N3.C25H26N3.BrH.ClH/c1-3-16-30-25-10-6-4-8-23(25)27(24-9-5-7-11-26(24)30)21-12-14-22(15-13-21)29-19-17-28(2)18-20-29;1-26-15-17-28(18-16-26)20-13-11-19(12-14-20)25-21-7-3-5-9-23(21)27(2)24-10-6-4-8-22(24)25;;/h3-15H,1,16-20H2,2H3;3-14H,15-18H2,1-2H3;2*1H/q2*+1;;/p-2. The van der Waals surface area contributed by atoms with Gasteiger partial charge in [0.1, 0.15) is 7.05 Å². The Morgan fingerprint density at radius 1 is 0.467 bits per heavy atom. The van der Waals surface area contributed by atoms with Crippen molar-refractivity contribution in [2.24, 2.45) is 7.05 Å². The summed E-state index contributed by atoms with van der Waals surface area (Å²) in [6.07, 6.45) is 1.98. The van der Waals surface area contributed by atoms with Gasteiger partial charge in [0.05, 0.1) is 21.5 Å². The lowest BCUT2D eigenvalue weighted by atomic mass is 9.95. The van der Waals surface area contributed by atoms with Gasteiger partial charge < -0.3 is 49.0 Å². The third kappa shape index (κ3) is 8.37. The molecule has 0 spiro atoms. The highest BCUT2D eigenvalue weighted by Gasteiger charge is 2.22. The van der Waals surface area contributed by atoms with Crippen LogP contribution in [0.4, 0.5) is 11.4 Å². The minimum atomic E-state index is 0. The van der Waals surface area contributed by atoms with Gasteiger partial charge in [-0.1, -0.05) is 79.4 Å². The second-order valence-electron chi connectivity index (χ2n) is 16.0. The number of rotatable bonds is 6. The van der Waals surface area contributed by atoms with Crippen LogP contribution >= 0.6 is 0 Å². The fraction of sp³-hybridized carbons (Fsp3) is 0.231. The van der Waals surface area contributed by atoms with E-state index in [2.05, 4.69) is 202 Å². The molecule has 8 heteroatoms. The van der Waals surface area contributed by atoms with Crippen molar-refractivity contribution in [2.75, 3.05) is 76.3 Å². The molecule has 8 aromatic rings. The molecule has 2 aromatic heterocycles. The smallest absolute Gasteiger partial charge is 0.213 e. The number of halogens is 2. The maximum absolute atomic E-state index is 3.98. The summed E-state index contributed by atoms with van der Waals surface area (Å²) in [6, 6.07) is 53.2. The SMILES string of the molecule is C=CC[n+]1c2ccccc2c(-c2ccc(N3CCN(C)CC3)cc2)c2ccccc21.CN1CCN(c2ccc(-c3c4ccccc4[n+](C)c4ccccc34)cc2)CC1.[Br-].[Cl-]. The predicted octanol–water partition coefficient (Wildman–Crippen LogP) is 3.13. The van der Waals surface area contributed by atoms with E-state index in [1.807, 2.05) is 6.08 Å². The number of fused-ring (bicyclic) bond motifs is 4. The van der Waals surface area contributed by atoms with E-state index in [-0.39, 0.29) is 29.4 Å². The molecule has 6 nitrogen and oxygen atoms in total. The van der Waals surface area contributed by atoms with Gasteiger partial charge in [0.25, 0.3) is 0 Å². The number of nitrogens with zero attached hydrogens (tertiary/aromatic N) is 6. The highest BCUT2D eigenvalue weighted by molar-refractivity contribution is 6.08. The fourth-order valence-electron chi connectivity index (χ4n) is 9.10. The molecule has 0 unspecified atom stereocenters. The molecule has 6 aromatic carbocycles. The molecular formula is C52H54BrClN6. The third-order valence-corrected chi connectivity index (χ3v) is 12.4. The van der Waals surface area contributed by atoms with Crippen LogP contribution in [-0.2, 0) is 13.6 Å². The van der Waals surface area contributed by atoms with Crippen molar-refractivity contribution in [3.8, 4) is 22.3 Å². The lowest BCUT2D eigenvalue weighted by Gasteiger charge is -2.34. The molecule has 0 saturated carbocycles. The van der Waals surface area contributed by atoms with Crippen LogP contribution in [0.5, 0.6) is 0 Å². The number of hydrogen-bond donors (Lipinski definition) is 0. The van der Waals surface area contributed by atoms with Crippen LogP contribution < -0.4 is 48.3 Å². The average Bonchev–Trinajstić information content (AvgIpc) is 3.28. The number of aryl methyl sites for hydroxylation is 1. The Hall–Kier alpha value is -5.31. The Morgan fingerprint density at radius 2 is 0.783 bits per heavy atom. The summed E-state index contributed by atoms with van der Waals surface area (Å²) in [6.45, 7) is 13.7. The molecule has 306 valence electrons. The van der Waals surface area contributed by atoms with Crippen molar-refractivity contribution < 1.29 is 38.5 Å². The highest BCUT2D eigenvalue weighted by atomic mass is 79.9. The van der Waals surface area contributed by atoms with E-state index in [9.17, 15) is 0 Å². The van der Waals surface area contributed by atoms with Crippen molar-refractivity contribution >= 4 is 55.0 Å². The van der Waals surface area contributed by atoms with E-state index < -0.39 is 0 Å². The van der Waals surface area contributed by atoms with Crippen LogP contribution in [0.2, 0.25) is 0 Å². The number of piperazine rings is 2. The van der Waals surface area contributed by atoms with Gasteiger partial charge in [-0.2, -0.15) is 9.13 Å². The van der Waals surface area contributed by atoms with E-state index >= 15 is 0 Å². The monoisotopic (exact) mass is 876 g/mol. The van der Waals surface area contributed by atoms with E-state index in [4.69, 9.17) is 0 Å². The molecule has 60 heavy (non-hydrogen) atoms. The summed E-state index contributed by atoms with van der Waals surface area (Å²) in [5, 5.41) is 5.17. The topological polar surface area (TPSA) is 20.7 Å². The number of para-hydroxylation sites is 4. The van der Waals surface area contributed by atoms with E-state index in [1.165, 1.54) is 77.2 Å². The number of allylic oxidation sites excluding steroid dienone is 1. The zero-order chi connectivity index (χ0) is 39.6. The van der Waals surface area contributed by atoms with Crippen LogP contribution in [0.3, 0.4) is 0 Å². The van der Waals surface area contributed by atoms with Gasteiger partial charge in [0.15, 0.2) is 6.54 Å². The van der Waals surface area contributed by atoms with Crippen LogP contribution in [-0.4, -0.2) is 76.3 Å². The first kappa shape index (κ1) is 42.8. The predicted molar refractivity (Wildman–Crippen MR) is 245 cm³/mol. The molecule has 0 aliphatic carbocycles. The quantitative estimate of drug-likeness (QED) is 0.146. The van der Waals surface area contributed by atoms with Gasteiger partial charge in [-0.15, -0.1) is 0 Å². The second-order valence-corrected chi connectivity index (χ2v) is 16.0. The van der Waals surface area contributed by atoms with E-state index in [0.717, 1.165) is 58.9 Å². The first-order valence-electron chi connectivity index (χ1n) is 20.8. The molecule has 2 aliphatic heterocycles. The molecule has 0 N–H and O–H groups in total. The molecule has 2 aliphatic rings. The molecule has 0 atom stereocenters. The van der Waals surface area contributed by atoms with E-state index in [1.54, 1.807) is 0 Å². The van der Waals surface area contributed by atoms with Gasteiger partial charge in [-0.05, 0) is 79.8 Å². The largest absolute Gasteiger partial charge is 1.00 e. The summed E-state index contributed by atoms with van der Waals surface area (Å²) in [4.78, 5) is 9.77. The Labute approximate surface area is 371 Å². The van der Waals surface area contributed by atoms with Crippen molar-refractivity contribution in [2.45, 2.75) is 6.54 Å². The van der Waals surface area contributed by atoms with Crippen LogP contribution in [0, 0.1) is 0 Å². The Bertz CT molecular complexity index is 2620. The lowest BCUT2D eigenvalue weighted by Crippen LogP contribution is -3.00. The van der Waals surface area contributed by atoms with Crippen LogP contribution in [0.1, 0.15) is 0 Å². The molecule has 4 heterocycles. The Kier molecular flexibility index (Phi) is 13.5. The number of hydrogen-bond acceptors (Lipinski definition) is 4. The Morgan fingerprint density at radius 3 is 1.13 bits per heavy atom. The van der Waals surface area contributed by atoms with Gasteiger partial charge >= 0.3 is 0 Å². The summed E-state index contributed by atoms with van der Waals surface area (Å²) in [5.41, 5.74) is 12.9. The van der Waals surface area contributed by atoms with Crippen molar-refractivity contribution in [3.63, 3.8) is 0 Å². The van der Waals surface area contributed by atoms with Gasteiger partial charge in [0, 0.05) is 99.1 Å². The molecule has 0 bridgehead atoms. The normalized spacial score (nSPS) is 14.7. The molecule has 0 amide bonds. The number of aromatic nitrogens is 2. The lowest BCUT2D eigenvalue weighted by molar-refractivity contribution is -0.634. The van der Waals surface area contributed by atoms with Crippen LogP contribution in [0.25, 0.3) is 65.9 Å². The first-order valence-corrected chi connectivity index (χ1v) is 20.8. The van der Waals surface area contributed by atoms with Gasteiger partial charge in [-0.25, -0.2) is 0 Å². The van der Waals surface area contributed by atoms with Crippen molar-refractivity contribution in [1.82, 2.24) is 9.80 Å². The summed E-state index contributed by atoms with van der Waals surface area (Å²) < 4.78 is 4.66. The number of likely N-dealkylation sites (N-methyl/N-ethyl adjacent to an activating group) is 2. The Balaban J connectivity index is 0.000000176. The summed E-state index contributed by atoms with van der Waals surface area (Å²) in [7, 11) is 6.56. The first-order chi connectivity index (χ1) is 28.5. The number of benzene rings is 6. The zero-order valence-corrected chi connectivity index (χ0v) is 37.3. The number of pyridine rings is 2.